The molecule has 2 aliphatic rings. The number of nitrogens with one attached hydrogen (secondary N) is 1. The van der Waals surface area contributed by atoms with Crippen molar-refractivity contribution in [3.8, 4) is 0 Å². The highest BCUT2D eigenvalue weighted by atomic mass is 16.7. The van der Waals surface area contributed by atoms with Gasteiger partial charge in [-0.1, -0.05) is 41.9 Å². The molecule has 2 saturated heterocycles. The summed E-state index contributed by atoms with van der Waals surface area (Å²) in [4.78, 5) is 15.8. The van der Waals surface area contributed by atoms with Crippen molar-refractivity contribution in [2.24, 2.45) is 11.0 Å². The molecular formula is C21H31BN4O4. The number of hydrogen-bond acceptors (Lipinski definition) is 6. The fourth-order valence-corrected chi connectivity index (χ4v) is 3.98. The lowest BCUT2D eigenvalue weighted by Crippen LogP contribution is -2.53. The Kier molecular flexibility index (Phi) is 6.77. The van der Waals surface area contributed by atoms with Gasteiger partial charge in [0.15, 0.2) is 5.54 Å². The molecule has 1 aromatic carbocycles. The quantitative estimate of drug-likeness (QED) is 0.240. The average molecular weight is 414 g/mol. The second kappa shape index (κ2) is 8.98. The molecule has 0 spiro atoms. The number of carbonyl (C=O) groups is 1. The van der Waals surface area contributed by atoms with Crippen LogP contribution in [0, 0.1) is 5.92 Å². The highest BCUT2D eigenvalue weighted by Crippen LogP contribution is 2.39. The van der Waals surface area contributed by atoms with Gasteiger partial charge >= 0.3 is 13.1 Å². The van der Waals surface area contributed by atoms with Crippen molar-refractivity contribution < 1.29 is 18.8 Å². The smallest absolute Gasteiger partial charge is 0.457 e. The van der Waals surface area contributed by atoms with Crippen LogP contribution in [0.25, 0.3) is 10.4 Å². The van der Waals surface area contributed by atoms with Crippen LogP contribution in [-0.4, -0.2) is 42.9 Å². The summed E-state index contributed by atoms with van der Waals surface area (Å²) in [5.74, 6) is -0.343. The van der Waals surface area contributed by atoms with Crippen LogP contribution in [-0.2, 0) is 25.4 Å². The first-order chi connectivity index (χ1) is 14.2. The maximum Gasteiger partial charge on any atom is 0.457 e. The van der Waals surface area contributed by atoms with E-state index < -0.39 is 11.5 Å². The molecule has 0 amide bonds. The second-order valence-electron chi connectivity index (χ2n) is 9.25. The number of carbonyl (C=O) groups excluding carboxylic acids is 1. The largest absolute Gasteiger partial charge is 0.460 e. The number of esters is 1. The van der Waals surface area contributed by atoms with Crippen LogP contribution in [0.3, 0.4) is 0 Å². The van der Waals surface area contributed by atoms with Crippen molar-refractivity contribution in [3.05, 3.63) is 46.3 Å². The first-order valence-electron chi connectivity index (χ1n) is 10.5. The maximum atomic E-state index is 12.9. The lowest BCUT2D eigenvalue weighted by molar-refractivity contribution is -0.152. The predicted molar refractivity (Wildman–Crippen MR) is 115 cm³/mol. The minimum absolute atomic E-state index is 0.146. The summed E-state index contributed by atoms with van der Waals surface area (Å²) in [5.41, 5.74) is 8.04. The summed E-state index contributed by atoms with van der Waals surface area (Å²) in [6.45, 7) is 9.30. The Morgan fingerprint density at radius 2 is 1.93 bits per heavy atom. The van der Waals surface area contributed by atoms with Crippen LogP contribution in [0.15, 0.2) is 35.4 Å². The van der Waals surface area contributed by atoms with Crippen LogP contribution >= 0.6 is 0 Å². The molecule has 0 aliphatic carbocycles. The van der Waals surface area contributed by atoms with Gasteiger partial charge in [-0.05, 0) is 64.0 Å². The average Bonchev–Trinajstić information content (AvgIpc) is 2.92. The van der Waals surface area contributed by atoms with E-state index in [1.165, 1.54) is 0 Å². The van der Waals surface area contributed by atoms with Crippen LogP contribution in [0.4, 0.5) is 0 Å². The van der Waals surface area contributed by atoms with Gasteiger partial charge in [-0.25, -0.2) is 0 Å². The molecule has 3 rings (SSSR count). The van der Waals surface area contributed by atoms with E-state index in [0.717, 1.165) is 18.5 Å². The minimum atomic E-state index is -1.23. The Bertz CT molecular complexity index is 781. The molecule has 0 unspecified atom stereocenters. The summed E-state index contributed by atoms with van der Waals surface area (Å²) >= 11 is 0. The van der Waals surface area contributed by atoms with Gasteiger partial charge in [0.25, 0.3) is 0 Å². The SMILES string of the molecule is CC1(C)OB(CC[C@@H]2CNC[C@](N=[N+]=[N-])(C(=O)OCc3ccccc3)C2)OC1(C)C. The third-order valence-corrected chi connectivity index (χ3v) is 6.42. The lowest BCUT2D eigenvalue weighted by Gasteiger charge is -2.36. The van der Waals surface area contributed by atoms with Gasteiger partial charge in [0.2, 0.25) is 0 Å². The standard InChI is InChI=1S/C21H31BN4O4/c1-19(2)20(3,4)30-22(29-19)11-10-17-12-21(25-26-23,15-24-13-17)18(27)28-14-16-8-6-5-7-9-16/h5-9,17,24H,10-15H2,1-4H3/t17-,21-/m0/s1. The van der Waals surface area contributed by atoms with Crippen molar-refractivity contribution in [2.45, 2.75) is 70.2 Å². The van der Waals surface area contributed by atoms with Crippen LogP contribution in [0.5, 0.6) is 0 Å². The summed E-state index contributed by atoms with van der Waals surface area (Å²) in [7, 11) is -0.282. The minimum Gasteiger partial charge on any atom is -0.460 e. The normalized spacial score (nSPS) is 27.3. The number of piperidine rings is 1. The van der Waals surface area contributed by atoms with Crippen molar-refractivity contribution in [2.75, 3.05) is 13.1 Å². The van der Waals surface area contributed by atoms with Gasteiger partial charge in [-0.15, -0.1) is 0 Å². The molecule has 30 heavy (non-hydrogen) atoms. The van der Waals surface area contributed by atoms with E-state index >= 15 is 0 Å². The maximum absolute atomic E-state index is 12.9. The summed E-state index contributed by atoms with van der Waals surface area (Å²) in [6.07, 6.45) is 1.94. The van der Waals surface area contributed by atoms with Gasteiger partial charge in [0.1, 0.15) is 6.61 Å². The number of nitrogens with zero attached hydrogens (tertiary/aromatic N) is 3. The lowest BCUT2D eigenvalue weighted by atomic mass is 9.75. The number of ether oxygens (including phenoxy) is 1. The van der Waals surface area contributed by atoms with Crippen molar-refractivity contribution in [1.82, 2.24) is 5.32 Å². The second-order valence-corrected chi connectivity index (χ2v) is 9.25. The molecule has 0 saturated carbocycles. The van der Waals surface area contributed by atoms with E-state index in [1.807, 2.05) is 58.0 Å². The Balaban J connectivity index is 1.59. The van der Waals surface area contributed by atoms with Gasteiger partial charge in [0.05, 0.1) is 11.2 Å². The summed E-state index contributed by atoms with van der Waals surface area (Å²) in [6, 6.07) is 9.46. The van der Waals surface area contributed by atoms with E-state index in [2.05, 4.69) is 15.3 Å². The van der Waals surface area contributed by atoms with Gasteiger partial charge < -0.3 is 19.4 Å². The van der Waals surface area contributed by atoms with Crippen LogP contribution in [0.2, 0.25) is 6.32 Å². The molecule has 2 fully saturated rings. The molecule has 1 N–H and O–H groups in total. The molecule has 2 heterocycles. The molecule has 2 aliphatic heterocycles. The van der Waals surface area contributed by atoms with Gasteiger partial charge in [-0.3, -0.25) is 4.79 Å². The summed E-state index contributed by atoms with van der Waals surface area (Å²) < 4.78 is 17.7. The molecule has 8 nitrogen and oxygen atoms in total. The van der Waals surface area contributed by atoms with Crippen molar-refractivity contribution in [3.63, 3.8) is 0 Å². The summed E-state index contributed by atoms with van der Waals surface area (Å²) in [5, 5.41) is 7.13. The first-order valence-corrected chi connectivity index (χ1v) is 10.5. The van der Waals surface area contributed by atoms with Gasteiger partial charge in [0, 0.05) is 11.5 Å². The zero-order valence-electron chi connectivity index (χ0n) is 18.3. The topological polar surface area (TPSA) is 106 Å². The number of benzene rings is 1. The Labute approximate surface area is 178 Å². The molecule has 0 radical (unpaired) electrons. The van der Waals surface area contributed by atoms with E-state index in [4.69, 9.17) is 19.6 Å². The Morgan fingerprint density at radius 3 is 2.57 bits per heavy atom. The molecule has 0 bridgehead atoms. The van der Waals surface area contributed by atoms with Crippen LogP contribution in [0.1, 0.15) is 46.1 Å². The van der Waals surface area contributed by atoms with E-state index in [1.54, 1.807) is 0 Å². The van der Waals surface area contributed by atoms with E-state index in [0.29, 0.717) is 12.7 Å². The highest BCUT2D eigenvalue weighted by Gasteiger charge is 2.51. The molecule has 162 valence electrons. The van der Waals surface area contributed by atoms with Crippen molar-refractivity contribution >= 4 is 13.1 Å². The molecule has 2 atom stereocenters. The Morgan fingerprint density at radius 1 is 1.27 bits per heavy atom. The third kappa shape index (κ3) is 4.98. The first kappa shape index (κ1) is 22.6. The predicted octanol–water partition coefficient (Wildman–Crippen LogP) is 3.87. The zero-order chi connectivity index (χ0) is 21.8. The van der Waals surface area contributed by atoms with E-state index in [-0.39, 0.29) is 37.4 Å². The van der Waals surface area contributed by atoms with Gasteiger partial charge in [-0.2, -0.15) is 0 Å². The zero-order valence-corrected chi connectivity index (χ0v) is 18.3. The number of azide groups is 1. The number of hydrogen-bond donors (Lipinski definition) is 1. The van der Waals surface area contributed by atoms with Crippen LogP contribution < -0.4 is 5.32 Å². The molecule has 0 aromatic heterocycles. The fraction of sp³-hybridized carbons (Fsp3) is 0.667. The third-order valence-electron chi connectivity index (χ3n) is 6.42. The Hall–Kier alpha value is -2.06. The monoisotopic (exact) mass is 414 g/mol. The number of rotatable bonds is 7. The van der Waals surface area contributed by atoms with Crippen molar-refractivity contribution in [1.29, 1.82) is 0 Å². The molecule has 1 aromatic rings. The highest BCUT2D eigenvalue weighted by molar-refractivity contribution is 6.45. The van der Waals surface area contributed by atoms with E-state index in [9.17, 15) is 4.79 Å². The molecule has 9 heteroatoms. The molecular weight excluding hydrogens is 383 g/mol. The fourth-order valence-electron chi connectivity index (χ4n) is 3.98.